The molecule has 0 spiro atoms. The molecule has 2 heteroatoms. The van der Waals surface area contributed by atoms with Crippen LogP contribution >= 0.6 is 0 Å². The maximum atomic E-state index is 4.36. The molecule has 13 heavy (non-hydrogen) atoms. The Labute approximate surface area is 80.4 Å². The molecule has 1 N–H and O–H groups in total. The molecule has 0 fully saturated rings. The predicted molar refractivity (Wildman–Crippen MR) is 55.8 cm³/mol. The molecule has 2 unspecified atom stereocenters. The second-order valence-electron chi connectivity index (χ2n) is 3.35. The molecule has 0 aliphatic carbocycles. The van der Waals surface area contributed by atoms with Crippen molar-refractivity contribution < 1.29 is 0 Å². The third kappa shape index (κ3) is 2.52. The summed E-state index contributed by atoms with van der Waals surface area (Å²) in [5.74, 6) is 0.483. The summed E-state index contributed by atoms with van der Waals surface area (Å²) in [6.07, 6.45) is 2.99. The van der Waals surface area contributed by atoms with Gasteiger partial charge >= 0.3 is 0 Å². The standard InChI is InChI=1S/C11H18N2/c1-4-10(12-3)9(2)11-7-5-6-8-13-11/h5-10,12H,4H2,1-3H3. The Bertz CT molecular complexity index is 229. The summed E-state index contributed by atoms with van der Waals surface area (Å²) in [6.45, 7) is 4.41. The summed E-state index contributed by atoms with van der Waals surface area (Å²) >= 11 is 0. The molecular formula is C11H18N2. The van der Waals surface area contributed by atoms with Crippen molar-refractivity contribution in [1.82, 2.24) is 10.3 Å². The Morgan fingerprint density at radius 1 is 1.46 bits per heavy atom. The van der Waals surface area contributed by atoms with Crippen LogP contribution in [0.5, 0.6) is 0 Å². The van der Waals surface area contributed by atoms with Gasteiger partial charge < -0.3 is 5.32 Å². The van der Waals surface area contributed by atoms with Gasteiger partial charge in [0, 0.05) is 23.9 Å². The number of rotatable bonds is 4. The smallest absolute Gasteiger partial charge is 0.0447 e. The Hall–Kier alpha value is -0.890. The van der Waals surface area contributed by atoms with Crippen molar-refractivity contribution >= 4 is 0 Å². The van der Waals surface area contributed by atoms with Gasteiger partial charge in [-0.3, -0.25) is 4.98 Å². The Kier molecular flexibility index (Phi) is 3.90. The molecule has 0 amide bonds. The van der Waals surface area contributed by atoms with Crippen molar-refractivity contribution in [3.05, 3.63) is 30.1 Å². The van der Waals surface area contributed by atoms with Crippen LogP contribution in [0.1, 0.15) is 31.9 Å². The lowest BCUT2D eigenvalue weighted by Crippen LogP contribution is -2.30. The molecule has 72 valence electrons. The van der Waals surface area contributed by atoms with E-state index >= 15 is 0 Å². The van der Waals surface area contributed by atoms with E-state index in [-0.39, 0.29) is 0 Å². The third-order valence-corrected chi connectivity index (χ3v) is 2.57. The predicted octanol–water partition coefficient (Wildman–Crippen LogP) is 2.18. The number of hydrogen-bond donors (Lipinski definition) is 1. The molecule has 0 aliphatic heterocycles. The van der Waals surface area contributed by atoms with Crippen LogP contribution < -0.4 is 5.32 Å². The summed E-state index contributed by atoms with van der Waals surface area (Å²) in [6, 6.07) is 6.61. The number of aromatic nitrogens is 1. The van der Waals surface area contributed by atoms with Gasteiger partial charge in [0.15, 0.2) is 0 Å². The van der Waals surface area contributed by atoms with Gasteiger partial charge in [0.05, 0.1) is 0 Å². The van der Waals surface area contributed by atoms with E-state index in [0.717, 1.165) is 6.42 Å². The monoisotopic (exact) mass is 178 g/mol. The molecule has 0 saturated carbocycles. The largest absolute Gasteiger partial charge is 0.316 e. The summed E-state index contributed by atoms with van der Waals surface area (Å²) in [7, 11) is 2.01. The van der Waals surface area contributed by atoms with Crippen molar-refractivity contribution in [3.63, 3.8) is 0 Å². The zero-order valence-electron chi connectivity index (χ0n) is 8.62. The second-order valence-corrected chi connectivity index (χ2v) is 3.35. The van der Waals surface area contributed by atoms with Crippen LogP contribution in [0.25, 0.3) is 0 Å². The van der Waals surface area contributed by atoms with Crippen molar-refractivity contribution in [2.45, 2.75) is 32.2 Å². The quantitative estimate of drug-likeness (QED) is 0.764. The SMILES string of the molecule is CCC(NC)C(C)c1ccccn1. The fourth-order valence-corrected chi connectivity index (χ4v) is 1.66. The molecular weight excluding hydrogens is 160 g/mol. The topological polar surface area (TPSA) is 24.9 Å². The van der Waals surface area contributed by atoms with Crippen LogP contribution in [0, 0.1) is 0 Å². The fraction of sp³-hybridized carbons (Fsp3) is 0.545. The van der Waals surface area contributed by atoms with E-state index in [1.54, 1.807) is 0 Å². The number of hydrogen-bond acceptors (Lipinski definition) is 2. The highest BCUT2D eigenvalue weighted by molar-refractivity contribution is 5.10. The summed E-state index contributed by atoms with van der Waals surface area (Å²) in [5, 5.41) is 3.31. The van der Waals surface area contributed by atoms with E-state index in [0.29, 0.717) is 12.0 Å². The molecule has 1 heterocycles. The zero-order valence-corrected chi connectivity index (χ0v) is 8.62. The average molecular weight is 178 g/mol. The summed E-state index contributed by atoms with van der Waals surface area (Å²) in [5.41, 5.74) is 1.17. The van der Waals surface area contributed by atoms with Gasteiger partial charge in [-0.2, -0.15) is 0 Å². The van der Waals surface area contributed by atoms with Crippen LogP contribution in [-0.2, 0) is 0 Å². The van der Waals surface area contributed by atoms with E-state index in [4.69, 9.17) is 0 Å². The van der Waals surface area contributed by atoms with E-state index < -0.39 is 0 Å². The van der Waals surface area contributed by atoms with Crippen molar-refractivity contribution in [2.75, 3.05) is 7.05 Å². The molecule has 0 radical (unpaired) electrons. The lowest BCUT2D eigenvalue weighted by molar-refractivity contribution is 0.466. The molecule has 0 saturated heterocycles. The van der Waals surface area contributed by atoms with Gasteiger partial charge in [-0.05, 0) is 25.6 Å². The highest BCUT2D eigenvalue weighted by Crippen LogP contribution is 2.17. The van der Waals surface area contributed by atoms with Gasteiger partial charge in [0.2, 0.25) is 0 Å². The number of pyridine rings is 1. The van der Waals surface area contributed by atoms with Gasteiger partial charge in [-0.1, -0.05) is 19.9 Å². The maximum absolute atomic E-state index is 4.36. The van der Waals surface area contributed by atoms with Crippen LogP contribution in [0.2, 0.25) is 0 Å². The minimum absolute atomic E-state index is 0.483. The van der Waals surface area contributed by atoms with Gasteiger partial charge in [-0.15, -0.1) is 0 Å². The fourth-order valence-electron chi connectivity index (χ4n) is 1.66. The van der Waals surface area contributed by atoms with Crippen LogP contribution in [-0.4, -0.2) is 18.1 Å². The molecule has 1 aromatic rings. The Morgan fingerprint density at radius 3 is 2.69 bits per heavy atom. The molecule has 0 bridgehead atoms. The number of nitrogens with one attached hydrogen (secondary N) is 1. The molecule has 1 aromatic heterocycles. The normalized spacial score (nSPS) is 15.3. The molecule has 1 rings (SSSR count). The minimum Gasteiger partial charge on any atom is -0.316 e. The van der Waals surface area contributed by atoms with Crippen LogP contribution in [0.15, 0.2) is 24.4 Å². The lowest BCUT2D eigenvalue weighted by Gasteiger charge is -2.21. The Morgan fingerprint density at radius 2 is 2.23 bits per heavy atom. The molecule has 2 atom stereocenters. The van der Waals surface area contributed by atoms with Gasteiger partial charge in [0.25, 0.3) is 0 Å². The van der Waals surface area contributed by atoms with E-state index in [1.807, 2.05) is 25.4 Å². The first kappa shape index (κ1) is 10.2. The number of likely N-dealkylation sites (N-methyl/N-ethyl adjacent to an activating group) is 1. The highest BCUT2D eigenvalue weighted by atomic mass is 14.9. The molecule has 0 aliphatic rings. The van der Waals surface area contributed by atoms with Gasteiger partial charge in [-0.25, -0.2) is 0 Å². The second kappa shape index (κ2) is 4.97. The lowest BCUT2D eigenvalue weighted by atomic mass is 9.96. The van der Waals surface area contributed by atoms with Crippen molar-refractivity contribution in [1.29, 1.82) is 0 Å². The van der Waals surface area contributed by atoms with E-state index in [2.05, 4.69) is 30.2 Å². The summed E-state index contributed by atoms with van der Waals surface area (Å²) < 4.78 is 0. The average Bonchev–Trinajstić information content (AvgIpc) is 2.21. The summed E-state index contributed by atoms with van der Waals surface area (Å²) in [4.78, 5) is 4.36. The molecule has 0 aromatic carbocycles. The van der Waals surface area contributed by atoms with Crippen LogP contribution in [0.4, 0.5) is 0 Å². The highest BCUT2D eigenvalue weighted by Gasteiger charge is 2.15. The first-order valence-corrected chi connectivity index (χ1v) is 4.87. The Balaban J connectivity index is 2.72. The first-order chi connectivity index (χ1) is 6.29. The van der Waals surface area contributed by atoms with Crippen LogP contribution in [0.3, 0.4) is 0 Å². The van der Waals surface area contributed by atoms with E-state index in [1.165, 1.54) is 5.69 Å². The van der Waals surface area contributed by atoms with Crippen molar-refractivity contribution in [2.24, 2.45) is 0 Å². The van der Waals surface area contributed by atoms with Gasteiger partial charge in [0.1, 0.15) is 0 Å². The number of nitrogens with zero attached hydrogens (tertiary/aromatic N) is 1. The third-order valence-electron chi connectivity index (χ3n) is 2.57. The molecule has 2 nitrogen and oxygen atoms in total. The first-order valence-electron chi connectivity index (χ1n) is 4.87. The van der Waals surface area contributed by atoms with Crippen molar-refractivity contribution in [3.8, 4) is 0 Å². The minimum atomic E-state index is 0.483. The van der Waals surface area contributed by atoms with E-state index in [9.17, 15) is 0 Å². The zero-order chi connectivity index (χ0) is 9.68. The maximum Gasteiger partial charge on any atom is 0.0447 e.